The Labute approximate surface area is 99.3 Å². The van der Waals surface area contributed by atoms with Crippen molar-refractivity contribution in [2.24, 2.45) is 0 Å². The lowest BCUT2D eigenvalue weighted by molar-refractivity contribution is 0.122. The first-order valence-corrected chi connectivity index (χ1v) is 5.37. The first kappa shape index (κ1) is 11.6. The molecule has 0 aliphatic carbocycles. The Morgan fingerprint density at radius 2 is 2.12 bits per heavy atom. The van der Waals surface area contributed by atoms with Crippen LogP contribution in [0, 0.1) is 0 Å². The number of nitrogen functional groups attached to an aromatic ring is 1. The van der Waals surface area contributed by atoms with Crippen LogP contribution in [-0.4, -0.2) is 47.9 Å². The van der Waals surface area contributed by atoms with Crippen LogP contribution < -0.4 is 15.4 Å². The molecule has 1 aliphatic heterocycles. The molecule has 92 valence electrons. The van der Waals surface area contributed by atoms with Gasteiger partial charge in [0.1, 0.15) is 6.61 Å². The number of rotatable bonds is 4. The molecule has 1 aromatic heterocycles. The summed E-state index contributed by atoms with van der Waals surface area (Å²) in [5, 5.41) is 0. The van der Waals surface area contributed by atoms with E-state index in [1.54, 1.807) is 6.08 Å². The minimum absolute atomic E-state index is 0.153. The van der Waals surface area contributed by atoms with E-state index < -0.39 is 0 Å². The molecule has 0 bridgehead atoms. The van der Waals surface area contributed by atoms with Crippen LogP contribution in [0.2, 0.25) is 0 Å². The van der Waals surface area contributed by atoms with Gasteiger partial charge >= 0.3 is 6.01 Å². The Kier molecular flexibility index (Phi) is 3.71. The van der Waals surface area contributed by atoms with Crippen LogP contribution in [0.15, 0.2) is 12.7 Å². The van der Waals surface area contributed by atoms with Crippen molar-refractivity contribution in [1.29, 1.82) is 0 Å². The molecule has 0 aromatic carbocycles. The molecule has 2 heterocycles. The summed E-state index contributed by atoms with van der Waals surface area (Å²) in [6.07, 6.45) is 1.62. The second kappa shape index (κ2) is 5.44. The van der Waals surface area contributed by atoms with Crippen LogP contribution in [-0.2, 0) is 4.74 Å². The lowest BCUT2D eigenvalue weighted by atomic mass is 10.4. The standard InChI is InChI=1S/C10H15N5O2/c1-2-5-17-10-13-8(11)12-9(14-10)15-3-6-16-7-4-15/h2H,1,3-7H2,(H2,11,12,13,14). The van der Waals surface area contributed by atoms with Gasteiger partial charge in [0, 0.05) is 13.1 Å². The zero-order valence-corrected chi connectivity index (χ0v) is 9.50. The second-order valence-corrected chi connectivity index (χ2v) is 3.48. The average molecular weight is 237 g/mol. The zero-order valence-electron chi connectivity index (χ0n) is 9.50. The summed E-state index contributed by atoms with van der Waals surface area (Å²) in [5.41, 5.74) is 5.61. The van der Waals surface area contributed by atoms with Gasteiger partial charge in [0.25, 0.3) is 0 Å². The molecule has 1 aromatic rings. The minimum Gasteiger partial charge on any atom is -0.459 e. The summed E-state index contributed by atoms with van der Waals surface area (Å²) < 4.78 is 10.5. The number of aromatic nitrogens is 3. The molecule has 1 fully saturated rings. The molecule has 2 N–H and O–H groups in total. The Hall–Kier alpha value is -1.89. The Bertz CT molecular complexity index is 392. The summed E-state index contributed by atoms with van der Waals surface area (Å²) in [7, 11) is 0. The highest BCUT2D eigenvalue weighted by Crippen LogP contribution is 2.14. The monoisotopic (exact) mass is 237 g/mol. The maximum Gasteiger partial charge on any atom is 0.323 e. The van der Waals surface area contributed by atoms with Crippen molar-refractivity contribution in [3.05, 3.63) is 12.7 Å². The van der Waals surface area contributed by atoms with Crippen molar-refractivity contribution in [2.45, 2.75) is 0 Å². The van der Waals surface area contributed by atoms with Gasteiger partial charge in [-0.1, -0.05) is 12.7 Å². The number of morpholine rings is 1. The van der Waals surface area contributed by atoms with Gasteiger partial charge < -0.3 is 20.1 Å². The highest BCUT2D eigenvalue weighted by Gasteiger charge is 2.16. The third-order valence-corrected chi connectivity index (χ3v) is 2.24. The fourth-order valence-corrected chi connectivity index (χ4v) is 1.46. The third kappa shape index (κ3) is 3.04. The lowest BCUT2D eigenvalue weighted by Crippen LogP contribution is -2.37. The van der Waals surface area contributed by atoms with Gasteiger partial charge in [-0.15, -0.1) is 0 Å². The van der Waals surface area contributed by atoms with Crippen molar-refractivity contribution in [2.75, 3.05) is 43.5 Å². The van der Waals surface area contributed by atoms with Crippen molar-refractivity contribution < 1.29 is 9.47 Å². The van der Waals surface area contributed by atoms with Gasteiger partial charge in [-0.2, -0.15) is 15.0 Å². The Balaban J connectivity index is 2.14. The summed E-state index contributed by atoms with van der Waals surface area (Å²) >= 11 is 0. The van der Waals surface area contributed by atoms with Gasteiger partial charge in [-0.25, -0.2) is 0 Å². The van der Waals surface area contributed by atoms with E-state index in [2.05, 4.69) is 21.5 Å². The van der Waals surface area contributed by atoms with E-state index >= 15 is 0 Å². The fourth-order valence-electron chi connectivity index (χ4n) is 1.46. The summed E-state index contributed by atoms with van der Waals surface area (Å²) in [6, 6.07) is 0.221. The van der Waals surface area contributed by atoms with Gasteiger partial charge in [-0.05, 0) is 0 Å². The molecule has 1 aliphatic rings. The number of anilines is 2. The van der Waals surface area contributed by atoms with E-state index in [-0.39, 0.29) is 12.0 Å². The van der Waals surface area contributed by atoms with E-state index in [0.29, 0.717) is 25.8 Å². The molecular weight excluding hydrogens is 222 g/mol. The highest BCUT2D eigenvalue weighted by molar-refractivity contribution is 5.36. The number of hydrogen-bond acceptors (Lipinski definition) is 7. The highest BCUT2D eigenvalue weighted by atomic mass is 16.5. The Morgan fingerprint density at radius 1 is 1.35 bits per heavy atom. The van der Waals surface area contributed by atoms with Crippen LogP contribution in [0.1, 0.15) is 0 Å². The maximum absolute atomic E-state index is 5.61. The van der Waals surface area contributed by atoms with Crippen LogP contribution in [0.25, 0.3) is 0 Å². The van der Waals surface area contributed by atoms with Crippen molar-refractivity contribution >= 4 is 11.9 Å². The molecule has 7 heteroatoms. The number of nitrogens with two attached hydrogens (primary N) is 1. The number of hydrogen-bond donors (Lipinski definition) is 1. The smallest absolute Gasteiger partial charge is 0.323 e. The van der Waals surface area contributed by atoms with Crippen molar-refractivity contribution in [3.63, 3.8) is 0 Å². The first-order chi connectivity index (χ1) is 8.29. The molecule has 0 spiro atoms. The SMILES string of the molecule is C=CCOc1nc(N)nc(N2CCOCC2)n1. The quantitative estimate of drug-likeness (QED) is 0.729. The normalized spacial score (nSPS) is 15.6. The van der Waals surface area contributed by atoms with Crippen molar-refractivity contribution in [1.82, 2.24) is 15.0 Å². The van der Waals surface area contributed by atoms with Crippen LogP contribution in [0.5, 0.6) is 6.01 Å². The zero-order chi connectivity index (χ0) is 12.1. The third-order valence-electron chi connectivity index (χ3n) is 2.24. The minimum atomic E-state index is 0.153. The number of ether oxygens (including phenoxy) is 2. The lowest BCUT2D eigenvalue weighted by Gasteiger charge is -2.26. The predicted molar refractivity (Wildman–Crippen MR) is 63.0 cm³/mol. The second-order valence-electron chi connectivity index (χ2n) is 3.48. The molecule has 7 nitrogen and oxygen atoms in total. The van der Waals surface area contributed by atoms with Crippen LogP contribution >= 0.6 is 0 Å². The van der Waals surface area contributed by atoms with Gasteiger partial charge in [-0.3, -0.25) is 0 Å². The van der Waals surface area contributed by atoms with Gasteiger partial charge in [0.15, 0.2) is 0 Å². The molecule has 0 saturated carbocycles. The van der Waals surface area contributed by atoms with Crippen LogP contribution in [0.3, 0.4) is 0 Å². The summed E-state index contributed by atoms with van der Waals surface area (Å²) in [4.78, 5) is 14.2. The van der Waals surface area contributed by atoms with E-state index in [1.807, 2.05) is 4.90 Å². The van der Waals surface area contributed by atoms with Crippen LogP contribution in [0.4, 0.5) is 11.9 Å². The van der Waals surface area contributed by atoms with Gasteiger partial charge in [0.05, 0.1) is 13.2 Å². The predicted octanol–water partition coefficient (Wildman–Crippen LogP) is -0.145. The van der Waals surface area contributed by atoms with E-state index in [1.165, 1.54) is 0 Å². The topological polar surface area (TPSA) is 86.4 Å². The van der Waals surface area contributed by atoms with E-state index in [9.17, 15) is 0 Å². The number of nitrogens with zero attached hydrogens (tertiary/aromatic N) is 4. The first-order valence-electron chi connectivity index (χ1n) is 5.37. The maximum atomic E-state index is 5.61. The molecule has 17 heavy (non-hydrogen) atoms. The van der Waals surface area contributed by atoms with E-state index in [4.69, 9.17) is 15.2 Å². The molecule has 0 amide bonds. The van der Waals surface area contributed by atoms with Gasteiger partial charge in [0.2, 0.25) is 11.9 Å². The fraction of sp³-hybridized carbons (Fsp3) is 0.500. The molecule has 0 unspecified atom stereocenters. The molecule has 1 saturated heterocycles. The van der Waals surface area contributed by atoms with E-state index in [0.717, 1.165) is 13.1 Å². The average Bonchev–Trinajstić information content (AvgIpc) is 2.37. The largest absolute Gasteiger partial charge is 0.459 e. The summed E-state index contributed by atoms with van der Waals surface area (Å²) in [6.45, 7) is 6.70. The molecule has 0 atom stereocenters. The van der Waals surface area contributed by atoms with Crippen molar-refractivity contribution in [3.8, 4) is 6.01 Å². The molecule has 2 rings (SSSR count). The molecular formula is C10H15N5O2. The Morgan fingerprint density at radius 3 is 2.82 bits per heavy atom. The molecule has 0 radical (unpaired) electrons. The summed E-state index contributed by atoms with van der Waals surface area (Å²) in [5.74, 6) is 0.681.